The number of nitrogens with zero attached hydrogens (tertiary/aromatic N) is 2. The highest BCUT2D eigenvalue weighted by Crippen LogP contribution is 2.27. The highest BCUT2D eigenvalue weighted by Gasteiger charge is 2.29. The first-order valence-corrected chi connectivity index (χ1v) is 7.19. The van der Waals surface area contributed by atoms with E-state index >= 15 is 0 Å². The zero-order valence-corrected chi connectivity index (χ0v) is 11.8. The molecule has 1 aromatic heterocycles. The van der Waals surface area contributed by atoms with E-state index in [1.54, 1.807) is 6.20 Å². The summed E-state index contributed by atoms with van der Waals surface area (Å²) < 4.78 is 0. The van der Waals surface area contributed by atoms with Crippen LogP contribution in [-0.4, -0.2) is 23.3 Å². The molecule has 0 radical (unpaired) electrons. The van der Waals surface area contributed by atoms with E-state index in [-0.39, 0.29) is 11.8 Å². The van der Waals surface area contributed by atoms with E-state index in [4.69, 9.17) is 11.6 Å². The third-order valence-electron chi connectivity index (χ3n) is 3.56. The number of carbonyl (C=O) groups excluding carboxylic acids is 1. The first kappa shape index (κ1) is 13.1. The zero-order valence-electron chi connectivity index (χ0n) is 11.0. The van der Waals surface area contributed by atoms with Crippen molar-refractivity contribution in [2.75, 3.05) is 17.3 Å². The Morgan fingerprint density at radius 1 is 1.20 bits per heavy atom. The van der Waals surface area contributed by atoms with Crippen molar-refractivity contribution in [2.24, 2.45) is 5.92 Å². The zero-order chi connectivity index (χ0) is 13.9. The fourth-order valence-corrected chi connectivity index (χ4v) is 2.69. The van der Waals surface area contributed by atoms with Gasteiger partial charge in [-0.3, -0.25) is 9.78 Å². The largest absolute Gasteiger partial charge is 0.312 e. The Balaban J connectivity index is 1.82. The monoisotopic (exact) mass is 286 g/mol. The number of anilines is 1. The Hall–Kier alpha value is -1.87. The second kappa shape index (κ2) is 5.63. The standard InChI is InChI=1S/C16H15ClN2O/c17-10-12-9-16(20)19(11-12)14-6-4-13(5-7-14)15-3-1-2-8-18-15/h1-8,12H,9-11H2. The van der Waals surface area contributed by atoms with Crippen LogP contribution < -0.4 is 4.90 Å². The Kier molecular flexibility index (Phi) is 3.70. The second-order valence-corrected chi connectivity index (χ2v) is 5.30. The molecule has 1 aromatic carbocycles. The fraction of sp³-hybridized carbons (Fsp3) is 0.250. The van der Waals surface area contributed by atoms with Gasteiger partial charge in [0.2, 0.25) is 5.91 Å². The molecular formula is C16H15ClN2O. The summed E-state index contributed by atoms with van der Waals surface area (Å²) in [6, 6.07) is 13.8. The van der Waals surface area contributed by atoms with E-state index < -0.39 is 0 Å². The third kappa shape index (κ3) is 2.54. The molecule has 1 amide bonds. The van der Waals surface area contributed by atoms with Gasteiger partial charge < -0.3 is 4.90 Å². The summed E-state index contributed by atoms with van der Waals surface area (Å²) in [4.78, 5) is 18.1. The van der Waals surface area contributed by atoms with Crippen LogP contribution in [0.3, 0.4) is 0 Å². The maximum Gasteiger partial charge on any atom is 0.227 e. The van der Waals surface area contributed by atoms with Gasteiger partial charge in [0.15, 0.2) is 0 Å². The molecule has 102 valence electrons. The Morgan fingerprint density at radius 3 is 2.60 bits per heavy atom. The van der Waals surface area contributed by atoms with Gasteiger partial charge in [0.25, 0.3) is 0 Å². The highest BCUT2D eigenvalue weighted by molar-refractivity contribution is 6.18. The summed E-state index contributed by atoms with van der Waals surface area (Å²) in [6.07, 6.45) is 2.32. The summed E-state index contributed by atoms with van der Waals surface area (Å²) in [7, 11) is 0. The summed E-state index contributed by atoms with van der Waals surface area (Å²) in [5, 5.41) is 0. The predicted molar refractivity (Wildman–Crippen MR) is 80.9 cm³/mol. The number of hydrogen-bond acceptors (Lipinski definition) is 2. The molecule has 0 saturated carbocycles. The maximum atomic E-state index is 12.0. The van der Waals surface area contributed by atoms with Gasteiger partial charge in [0.05, 0.1) is 5.69 Å². The predicted octanol–water partition coefficient (Wildman–Crippen LogP) is 3.34. The van der Waals surface area contributed by atoms with Gasteiger partial charge in [-0.1, -0.05) is 18.2 Å². The Bertz CT molecular complexity index is 598. The van der Waals surface area contributed by atoms with Crippen LogP contribution in [0.25, 0.3) is 11.3 Å². The fourth-order valence-electron chi connectivity index (χ4n) is 2.48. The molecule has 1 saturated heterocycles. The van der Waals surface area contributed by atoms with E-state index in [0.29, 0.717) is 18.8 Å². The summed E-state index contributed by atoms with van der Waals surface area (Å²) in [5.74, 6) is 0.953. The maximum absolute atomic E-state index is 12.0. The molecule has 20 heavy (non-hydrogen) atoms. The second-order valence-electron chi connectivity index (χ2n) is 4.99. The van der Waals surface area contributed by atoms with Gasteiger partial charge >= 0.3 is 0 Å². The quantitative estimate of drug-likeness (QED) is 0.811. The average Bonchev–Trinajstić information content (AvgIpc) is 2.89. The summed E-state index contributed by atoms with van der Waals surface area (Å²) in [6.45, 7) is 0.714. The SMILES string of the molecule is O=C1CC(CCl)CN1c1ccc(-c2ccccn2)cc1. The number of alkyl halides is 1. The molecular weight excluding hydrogens is 272 g/mol. The van der Waals surface area contributed by atoms with Gasteiger partial charge in [-0.25, -0.2) is 0 Å². The number of benzene rings is 1. The van der Waals surface area contributed by atoms with Crippen LogP contribution in [0.2, 0.25) is 0 Å². The number of hydrogen-bond donors (Lipinski definition) is 0. The van der Waals surface area contributed by atoms with Gasteiger partial charge in [-0.2, -0.15) is 0 Å². The highest BCUT2D eigenvalue weighted by atomic mass is 35.5. The molecule has 3 nitrogen and oxygen atoms in total. The Labute approximate surface area is 123 Å². The van der Waals surface area contributed by atoms with Crippen LogP contribution >= 0.6 is 11.6 Å². The molecule has 1 atom stereocenters. The third-order valence-corrected chi connectivity index (χ3v) is 4.00. The van der Waals surface area contributed by atoms with Crippen molar-refractivity contribution in [3.8, 4) is 11.3 Å². The minimum absolute atomic E-state index is 0.154. The van der Waals surface area contributed by atoms with Crippen LogP contribution in [0.1, 0.15) is 6.42 Å². The molecule has 4 heteroatoms. The number of aromatic nitrogens is 1. The molecule has 0 aliphatic carbocycles. The lowest BCUT2D eigenvalue weighted by molar-refractivity contribution is -0.117. The molecule has 1 unspecified atom stereocenters. The molecule has 2 heterocycles. The van der Waals surface area contributed by atoms with E-state index in [0.717, 1.165) is 16.9 Å². The Morgan fingerprint density at radius 2 is 2.00 bits per heavy atom. The van der Waals surface area contributed by atoms with E-state index in [2.05, 4.69) is 4.98 Å². The molecule has 3 rings (SSSR count). The average molecular weight is 287 g/mol. The minimum atomic E-state index is 0.154. The van der Waals surface area contributed by atoms with Crippen LogP contribution in [0.5, 0.6) is 0 Å². The van der Waals surface area contributed by atoms with Crippen LogP contribution in [0.15, 0.2) is 48.7 Å². The van der Waals surface area contributed by atoms with Gasteiger partial charge in [-0.05, 0) is 30.2 Å². The van der Waals surface area contributed by atoms with Crippen molar-refractivity contribution in [3.05, 3.63) is 48.7 Å². The summed E-state index contributed by atoms with van der Waals surface area (Å²) in [5.41, 5.74) is 2.92. The van der Waals surface area contributed by atoms with Gasteiger partial charge in [0.1, 0.15) is 0 Å². The first-order chi connectivity index (χ1) is 9.78. The molecule has 0 N–H and O–H groups in total. The van der Waals surface area contributed by atoms with Crippen LogP contribution in [0.4, 0.5) is 5.69 Å². The lowest BCUT2D eigenvalue weighted by Gasteiger charge is -2.16. The van der Waals surface area contributed by atoms with Crippen LogP contribution in [-0.2, 0) is 4.79 Å². The molecule has 0 bridgehead atoms. The molecule has 0 spiro atoms. The van der Waals surface area contributed by atoms with Gasteiger partial charge in [0, 0.05) is 36.3 Å². The van der Waals surface area contributed by atoms with Crippen molar-refractivity contribution < 1.29 is 4.79 Å². The van der Waals surface area contributed by atoms with E-state index in [1.807, 2.05) is 47.4 Å². The molecule has 2 aromatic rings. The lowest BCUT2D eigenvalue weighted by Crippen LogP contribution is -2.24. The van der Waals surface area contributed by atoms with E-state index in [9.17, 15) is 4.79 Å². The number of halogens is 1. The molecule has 1 aliphatic heterocycles. The normalized spacial score (nSPS) is 18.6. The smallest absolute Gasteiger partial charge is 0.227 e. The van der Waals surface area contributed by atoms with E-state index in [1.165, 1.54) is 0 Å². The first-order valence-electron chi connectivity index (χ1n) is 6.65. The van der Waals surface area contributed by atoms with Crippen molar-refractivity contribution in [2.45, 2.75) is 6.42 Å². The molecule has 1 aliphatic rings. The number of carbonyl (C=O) groups is 1. The van der Waals surface area contributed by atoms with Gasteiger partial charge in [-0.15, -0.1) is 11.6 Å². The molecule has 1 fully saturated rings. The number of pyridine rings is 1. The minimum Gasteiger partial charge on any atom is -0.312 e. The summed E-state index contributed by atoms with van der Waals surface area (Å²) >= 11 is 5.84. The van der Waals surface area contributed by atoms with Crippen molar-refractivity contribution in [1.29, 1.82) is 0 Å². The van der Waals surface area contributed by atoms with Crippen molar-refractivity contribution in [1.82, 2.24) is 4.98 Å². The number of rotatable bonds is 3. The topological polar surface area (TPSA) is 33.2 Å². The van der Waals surface area contributed by atoms with Crippen molar-refractivity contribution >= 4 is 23.2 Å². The van der Waals surface area contributed by atoms with Crippen LogP contribution in [0, 0.1) is 5.92 Å². The lowest BCUT2D eigenvalue weighted by atomic mass is 10.1. The van der Waals surface area contributed by atoms with Crippen molar-refractivity contribution in [3.63, 3.8) is 0 Å². The number of amides is 1.